The van der Waals surface area contributed by atoms with E-state index in [1.54, 1.807) is 0 Å². The average molecular weight is 307 g/mol. The summed E-state index contributed by atoms with van der Waals surface area (Å²) in [6.45, 7) is 0. The van der Waals surface area contributed by atoms with Crippen molar-refractivity contribution in [3.63, 3.8) is 0 Å². The van der Waals surface area contributed by atoms with Gasteiger partial charge in [-0.25, -0.2) is 0 Å². The number of rotatable bonds is 4. The summed E-state index contributed by atoms with van der Waals surface area (Å²) in [6.07, 6.45) is -1.65. The third-order valence-electron chi connectivity index (χ3n) is 2.28. The molecule has 96 valence electrons. The predicted molar refractivity (Wildman–Crippen MR) is 59.6 cm³/mol. The number of hydrogen-bond donors (Lipinski definition) is 6. The Labute approximate surface area is 100 Å². The Kier molecular flexibility index (Phi) is 4.24. The standard InChI is InChI=1S/C9H14AsNO6/c11-9-5(1-4-8(13)14)7(12)3-2-6(9)10(15,16)17/h2-3,8,12-14H,1,4,11H2,(H2,15,16,17). The van der Waals surface area contributed by atoms with Crippen LogP contribution in [0, 0.1) is 0 Å². The SMILES string of the molecule is Nc1c([As](=O)(O)O)ccc(O)c1CCC(O)O. The summed E-state index contributed by atoms with van der Waals surface area (Å²) in [6, 6.07) is 2.20. The van der Waals surface area contributed by atoms with Crippen LogP contribution in [0.25, 0.3) is 0 Å². The Morgan fingerprint density at radius 2 is 1.88 bits per heavy atom. The zero-order chi connectivity index (χ0) is 13.2. The molecule has 1 aromatic carbocycles. The Balaban J connectivity index is 3.16. The fourth-order valence-electron chi connectivity index (χ4n) is 1.43. The van der Waals surface area contributed by atoms with E-state index in [1.807, 2.05) is 0 Å². The van der Waals surface area contributed by atoms with Crippen LogP contribution >= 0.6 is 0 Å². The number of benzene rings is 1. The van der Waals surface area contributed by atoms with E-state index in [0.29, 0.717) is 0 Å². The molecule has 0 aliphatic carbocycles. The molecule has 0 spiro atoms. The molecule has 0 aliphatic rings. The van der Waals surface area contributed by atoms with Gasteiger partial charge in [-0.2, -0.15) is 0 Å². The number of anilines is 1. The minimum atomic E-state index is -5.14. The molecule has 0 saturated carbocycles. The second kappa shape index (κ2) is 5.12. The quantitative estimate of drug-likeness (QED) is 0.210. The maximum absolute atomic E-state index is 11.2. The van der Waals surface area contributed by atoms with E-state index in [4.69, 9.17) is 24.1 Å². The Morgan fingerprint density at radius 1 is 1.29 bits per heavy atom. The number of hydrogen-bond acceptors (Lipinski definition) is 5. The third kappa shape index (κ3) is 3.49. The first-order chi connectivity index (χ1) is 7.73. The van der Waals surface area contributed by atoms with Crippen LogP contribution in [0.5, 0.6) is 5.75 Å². The summed E-state index contributed by atoms with van der Waals surface area (Å²) in [4.78, 5) is 0. The van der Waals surface area contributed by atoms with E-state index in [2.05, 4.69) is 0 Å². The average Bonchev–Trinajstić information content (AvgIpc) is 2.14. The molecule has 0 saturated heterocycles. The molecular formula is C9H14AsNO6. The number of aliphatic hydroxyl groups excluding tert-OH is 1. The van der Waals surface area contributed by atoms with Crippen LogP contribution in [0.1, 0.15) is 12.0 Å². The molecule has 0 aliphatic heterocycles. The number of aliphatic hydroxyl groups is 2. The molecule has 0 bridgehead atoms. The topological polar surface area (TPSA) is 144 Å². The first-order valence-corrected chi connectivity index (χ1v) is 8.14. The number of nitrogen functional groups attached to an aromatic ring is 1. The van der Waals surface area contributed by atoms with Gasteiger partial charge in [-0.1, -0.05) is 0 Å². The van der Waals surface area contributed by atoms with Gasteiger partial charge in [-0.15, -0.1) is 0 Å². The van der Waals surface area contributed by atoms with Gasteiger partial charge in [-0.05, 0) is 0 Å². The molecule has 0 unspecified atom stereocenters. The number of nitrogens with two attached hydrogens (primary N) is 1. The van der Waals surface area contributed by atoms with Gasteiger partial charge in [0.25, 0.3) is 0 Å². The van der Waals surface area contributed by atoms with E-state index in [9.17, 15) is 8.85 Å². The van der Waals surface area contributed by atoms with Gasteiger partial charge in [0, 0.05) is 0 Å². The molecule has 7 N–H and O–H groups in total. The molecule has 0 fully saturated rings. The fraction of sp³-hybridized carbons (Fsp3) is 0.333. The van der Waals surface area contributed by atoms with Crippen LogP contribution in [0.15, 0.2) is 12.1 Å². The van der Waals surface area contributed by atoms with Gasteiger partial charge >= 0.3 is 99.8 Å². The third-order valence-corrected chi connectivity index (χ3v) is 4.41. The van der Waals surface area contributed by atoms with Crippen molar-refractivity contribution in [2.24, 2.45) is 0 Å². The van der Waals surface area contributed by atoms with E-state index in [-0.39, 0.29) is 34.2 Å². The second-order valence-corrected chi connectivity index (χ2v) is 6.85. The van der Waals surface area contributed by atoms with Crippen LogP contribution in [0.3, 0.4) is 0 Å². The molecule has 0 heterocycles. The number of phenols is 1. The zero-order valence-electron chi connectivity index (χ0n) is 8.82. The Morgan fingerprint density at radius 3 is 2.35 bits per heavy atom. The van der Waals surface area contributed by atoms with Crippen LogP contribution in [0.4, 0.5) is 5.69 Å². The Bertz CT molecular complexity index is 455. The molecule has 8 heteroatoms. The summed E-state index contributed by atoms with van der Waals surface area (Å²) in [5.41, 5.74) is 5.47. The molecule has 7 nitrogen and oxygen atoms in total. The van der Waals surface area contributed by atoms with Gasteiger partial charge in [0.2, 0.25) is 0 Å². The van der Waals surface area contributed by atoms with Crippen molar-refractivity contribution in [2.75, 3.05) is 5.73 Å². The van der Waals surface area contributed by atoms with Gasteiger partial charge < -0.3 is 0 Å². The maximum atomic E-state index is 11.2. The molecule has 1 rings (SSSR count). The Hall–Kier alpha value is -0.982. The summed E-state index contributed by atoms with van der Waals surface area (Å²) >= 11 is -5.14. The molecule has 0 aromatic heterocycles. The van der Waals surface area contributed by atoms with Crippen molar-refractivity contribution >= 4 is 24.2 Å². The summed E-state index contributed by atoms with van der Waals surface area (Å²) in [7, 11) is 0. The van der Waals surface area contributed by atoms with Crippen molar-refractivity contribution in [3.8, 4) is 5.75 Å². The molecule has 17 heavy (non-hydrogen) atoms. The van der Waals surface area contributed by atoms with Gasteiger partial charge in [0.15, 0.2) is 0 Å². The molecule has 1 aromatic rings. The van der Waals surface area contributed by atoms with Crippen LogP contribution in [0.2, 0.25) is 0 Å². The number of phenolic OH excluding ortho intramolecular Hbond substituents is 1. The summed E-state index contributed by atoms with van der Waals surface area (Å²) in [5.74, 6) is -0.226. The predicted octanol–water partition coefficient (Wildman–Crippen LogP) is -2.22. The number of aromatic hydroxyl groups is 1. The van der Waals surface area contributed by atoms with Crippen LogP contribution in [-0.4, -0.2) is 44.0 Å². The monoisotopic (exact) mass is 307 g/mol. The van der Waals surface area contributed by atoms with E-state index >= 15 is 0 Å². The van der Waals surface area contributed by atoms with Crippen molar-refractivity contribution in [3.05, 3.63) is 17.7 Å². The normalized spacial score (nSPS) is 12.1. The zero-order valence-corrected chi connectivity index (χ0v) is 10.7. The fourth-order valence-corrected chi connectivity index (χ4v) is 2.94. The van der Waals surface area contributed by atoms with E-state index < -0.39 is 20.5 Å². The van der Waals surface area contributed by atoms with Gasteiger partial charge in [0.05, 0.1) is 0 Å². The minimum absolute atomic E-state index is 0.0129. The molecule has 0 radical (unpaired) electrons. The summed E-state index contributed by atoms with van der Waals surface area (Å²) < 4.78 is 29.0. The molecular weight excluding hydrogens is 293 g/mol. The van der Waals surface area contributed by atoms with Gasteiger partial charge in [0.1, 0.15) is 0 Å². The van der Waals surface area contributed by atoms with Crippen LogP contribution in [-0.2, 0) is 10.2 Å². The van der Waals surface area contributed by atoms with E-state index in [0.717, 1.165) is 12.1 Å². The van der Waals surface area contributed by atoms with Crippen LogP contribution < -0.4 is 10.1 Å². The molecule has 0 amide bonds. The molecule has 0 atom stereocenters. The van der Waals surface area contributed by atoms with Gasteiger partial charge in [-0.3, -0.25) is 0 Å². The van der Waals surface area contributed by atoms with E-state index in [1.165, 1.54) is 0 Å². The van der Waals surface area contributed by atoms with Crippen molar-refractivity contribution in [1.29, 1.82) is 0 Å². The summed E-state index contributed by atoms with van der Waals surface area (Å²) in [5, 5.41) is 26.9. The first kappa shape index (κ1) is 14.1. The van der Waals surface area contributed by atoms with Crippen molar-refractivity contribution < 1.29 is 27.3 Å². The van der Waals surface area contributed by atoms with Crippen molar-refractivity contribution in [1.82, 2.24) is 0 Å². The van der Waals surface area contributed by atoms with Crippen molar-refractivity contribution in [2.45, 2.75) is 19.1 Å². The first-order valence-electron chi connectivity index (χ1n) is 4.76. The second-order valence-electron chi connectivity index (χ2n) is 3.56.